The molecule has 0 spiro atoms. The Morgan fingerprint density at radius 3 is 2.73 bits per heavy atom. The maximum atomic E-state index is 6.06. The number of hydrogen-bond acceptors (Lipinski definition) is 2. The van der Waals surface area contributed by atoms with Gasteiger partial charge in [-0.15, -0.1) is 0 Å². The fourth-order valence-electron chi connectivity index (χ4n) is 4.08. The zero-order valence-electron chi connectivity index (χ0n) is 15.4. The molecule has 4 nitrogen and oxygen atoms in total. The minimum Gasteiger partial charge on any atom is -0.370 e. The molecule has 0 amide bonds. The molecular formula is C22H28N4. The first-order valence-electron chi connectivity index (χ1n) is 9.76. The number of rotatable bonds is 5. The molecule has 4 heteroatoms. The number of anilines is 1. The van der Waals surface area contributed by atoms with E-state index in [0.29, 0.717) is 5.96 Å². The van der Waals surface area contributed by atoms with Crippen molar-refractivity contribution in [3.63, 3.8) is 0 Å². The van der Waals surface area contributed by atoms with E-state index >= 15 is 0 Å². The first kappa shape index (κ1) is 17.1. The van der Waals surface area contributed by atoms with E-state index in [1.54, 1.807) is 0 Å². The summed E-state index contributed by atoms with van der Waals surface area (Å²) >= 11 is 0. The lowest BCUT2D eigenvalue weighted by Gasteiger charge is -2.28. The smallest absolute Gasteiger partial charge is 0.193 e. The Kier molecular flexibility index (Phi) is 5.21. The lowest BCUT2D eigenvalue weighted by Crippen LogP contribution is -2.31. The molecule has 26 heavy (non-hydrogen) atoms. The molecule has 0 radical (unpaired) electrons. The van der Waals surface area contributed by atoms with E-state index in [4.69, 9.17) is 5.73 Å². The second-order valence-corrected chi connectivity index (χ2v) is 7.38. The highest BCUT2D eigenvalue weighted by molar-refractivity contribution is 5.92. The molecule has 0 saturated carbocycles. The van der Waals surface area contributed by atoms with E-state index in [9.17, 15) is 0 Å². The molecule has 2 aliphatic rings. The van der Waals surface area contributed by atoms with Crippen molar-refractivity contribution in [2.45, 2.75) is 38.6 Å². The third-order valence-electron chi connectivity index (χ3n) is 5.50. The van der Waals surface area contributed by atoms with Crippen LogP contribution in [0.5, 0.6) is 0 Å². The normalized spacial score (nSPS) is 17.0. The Bertz CT molecular complexity index is 796. The van der Waals surface area contributed by atoms with E-state index in [2.05, 4.69) is 57.7 Å². The van der Waals surface area contributed by atoms with Crippen LogP contribution in [0.1, 0.15) is 35.1 Å². The SMILES string of the molecule is NC(=NCCCN1CCc2ccccc2C1)Nc1ccc2c(c1)CCC2. The van der Waals surface area contributed by atoms with Crippen LogP contribution in [0.25, 0.3) is 0 Å². The van der Waals surface area contributed by atoms with Gasteiger partial charge in [0.15, 0.2) is 5.96 Å². The fourth-order valence-corrected chi connectivity index (χ4v) is 4.08. The van der Waals surface area contributed by atoms with Gasteiger partial charge in [-0.2, -0.15) is 0 Å². The molecular weight excluding hydrogens is 320 g/mol. The van der Waals surface area contributed by atoms with Gasteiger partial charge < -0.3 is 11.1 Å². The standard InChI is InChI=1S/C22H28N4/c23-22(25-21-10-9-17-7-3-8-19(17)15-21)24-12-4-13-26-14-11-18-5-1-2-6-20(18)16-26/h1-2,5-6,9-10,15H,3-4,7-8,11-14,16H2,(H3,23,24,25). The van der Waals surface area contributed by atoms with Gasteiger partial charge in [-0.25, -0.2) is 0 Å². The molecule has 136 valence electrons. The second kappa shape index (κ2) is 7.92. The third kappa shape index (κ3) is 4.07. The molecule has 1 heterocycles. The Hall–Kier alpha value is -2.33. The summed E-state index contributed by atoms with van der Waals surface area (Å²) in [5.74, 6) is 0.520. The van der Waals surface area contributed by atoms with Crippen molar-refractivity contribution in [1.82, 2.24) is 4.90 Å². The van der Waals surface area contributed by atoms with Crippen LogP contribution in [0.4, 0.5) is 5.69 Å². The van der Waals surface area contributed by atoms with E-state index in [0.717, 1.165) is 44.7 Å². The van der Waals surface area contributed by atoms with Crippen LogP contribution in [0.15, 0.2) is 47.5 Å². The summed E-state index contributed by atoms with van der Waals surface area (Å²) in [6, 6.07) is 15.3. The largest absolute Gasteiger partial charge is 0.370 e. The van der Waals surface area contributed by atoms with Crippen LogP contribution < -0.4 is 11.1 Å². The summed E-state index contributed by atoms with van der Waals surface area (Å²) in [5.41, 5.74) is 13.0. The van der Waals surface area contributed by atoms with Gasteiger partial charge in [0.05, 0.1) is 0 Å². The highest BCUT2D eigenvalue weighted by atomic mass is 15.1. The van der Waals surface area contributed by atoms with E-state index in [1.807, 2.05) is 0 Å². The number of fused-ring (bicyclic) bond motifs is 2. The molecule has 0 aromatic heterocycles. The Labute approximate surface area is 156 Å². The van der Waals surface area contributed by atoms with Gasteiger partial charge in [-0.05, 0) is 66.5 Å². The van der Waals surface area contributed by atoms with Crippen LogP contribution in [0.2, 0.25) is 0 Å². The number of nitrogens with zero attached hydrogens (tertiary/aromatic N) is 2. The van der Waals surface area contributed by atoms with Crippen molar-refractivity contribution >= 4 is 11.6 Å². The van der Waals surface area contributed by atoms with Crippen LogP contribution in [0, 0.1) is 0 Å². The maximum absolute atomic E-state index is 6.06. The first-order valence-corrected chi connectivity index (χ1v) is 9.76. The van der Waals surface area contributed by atoms with Gasteiger partial charge in [0.1, 0.15) is 0 Å². The zero-order chi connectivity index (χ0) is 17.8. The van der Waals surface area contributed by atoms with Crippen molar-refractivity contribution in [2.75, 3.05) is 25.0 Å². The van der Waals surface area contributed by atoms with Crippen molar-refractivity contribution < 1.29 is 0 Å². The number of aliphatic imine (C=N–C) groups is 1. The highest BCUT2D eigenvalue weighted by Gasteiger charge is 2.14. The average molecular weight is 348 g/mol. The highest BCUT2D eigenvalue weighted by Crippen LogP contribution is 2.24. The lowest BCUT2D eigenvalue weighted by molar-refractivity contribution is 0.253. The molecule has 2 aromatic rings. The quantitative estimate of drug-likeness (QED) is 0.495. The summed E-state index contributed by atoms with van der Waals surface area (Å²) in [7, 11) is 0. The summed E-state index contributed by atoms with van der Waals surface area (Å²) in [6.45, 7) is 4.04. The molecule has 0 fully saturated rings. The summed E-state index contributed by atoms with van der Waals surface area (Å²) in [4.78, 5) is 7.01. The minimum absolute atomic E-state index is 0.520. The number of nitrogens with one attached hydrogen (secondary N) is 1. The van der Waals surface area contributed by atoms with Gasteiger partial charge in [0, 0.05) is 31.9 Å². The molecule has 1 aliphatic carbocycles. The second-order valence-electron chi connectivity index (χ2n) is 7.38. The molecule has 1 aliphatic heterocycles. The zero-order valence-corrected chi connectivity index (χ0v) is 15.4. The molecule has 0 saturated heterocycles. The predicted octanol–water partition coefficient (Wildman–Crippen LogP) is 3.35. The van der Waals surface area contributed by atoms with Crippen molar-refractivity contribution in [3.05, 3.63) is 64.7 Å². The average Bonchev–Trinajstić information content (AvgIpc) is 3.13. The molecule has 0 bridgehead atoms. The van der Waals surface area contributed by atoms with Gasteiger partial charge in [0.2, 0.25) is 0 Å². The van der Waals surface area contributed by atoms with Crippen molar-refractivity contribution in [3.8, 4) is 0 Å². The lowest BCUT2D eigenvalue weighted by atomic mass is 10.00. The van der Waals surface area contributed by atoms with Gasteiger partial charge >= 0.3 is 0 Å². The number of hydrogen-bond donors (Lipinski definition) is 2. The van der Waals surface area contributed by atoms with Gasteiger partial charge in [-0.3, -0.25) is 9.89 Å². The van der Waals surface area contributed by atoms with Crippen LogP contribution in [-0.2, 0) is 25.8 Å². The summed E-state index contributed by atoms with van der Waals surface area (Å²) < 4.78 is 0. The topological polar surface area (TPSA) is 53.6 Å². The van der Waals surface area contributed by atoms with Gasteiger partial charge in [0.25, 0.3) is 0 Å². The maximum Gasteiger partial charge on any atom is 0.193 e. The number of nitrogens with two attached hydrogens (primary N) is 1. The number of benzene rings is 2. The van der Waals surface area contributed by atoms with E-state index in [-0.39, 0.29) is 0 Å². The molecule has 0 atom stereocenters. The van der Waals surface area contributed by atoms with E-state index in [1.165, 1.54) is 41.5 Å². The Morgan fingerprint density at radius 2 is 1.81 bits per heavy atom. The van der Waals surface area contributed by atoms with E-state index < -0.39 is 0 Å². The van der Waals surface area contributed by atoms with Crippen molar-refractivity contribution in [1.29, 1.82) is 0 Å². The summed E-state index contributed by atoms with van der Waals surface area (Å²) in [5, 5.41) is 3.24. The molecule has 0 unspecified atom stereocenters. The summed E-state index contributed by atoms with van der Waals surface area (Å²) in [6.07, 6.45) is 5.85. The van der Waals surface area contributed by atoms with Crippen LogP contribution >= 0.6 is 0 Å². The van der Waals surface area contributed by atoms with Gasteiger partial charge in [-0.1, -0.05) is 30.3 Å². The number of guanidine groups is 1. The van der Waals surface area contributed by atoms with Crippen molar-refractivity contribution in [2.24, 2.45) is 10.7 Å². The molecule has 3 N–H and O–H groups in total. The third-order valence-corrected chi connectivity index (χ3v) is 5.50. The first-order chi connectivity index (χ1) is 12.8. The van der Waals surface area contributed by atoms with Crippen LogP contribution in [-0.4, -0.2) is 30.5 Å². The van der Waals surface area contributed by atoms with Crippen LogP contribution in [0.3, 0.4) is 0 Å². The molecule has 4 rings (SSSR count). The Morgan fingerprint density at radius 1 is 1.00 bits per heavy atom. The number of aryl methyl sites for hydroxylation is 2. The fraction of sp³-hybridized carbons (Fsp3) is 0.409. The Balaban J connectivity index is 1.23. The predicted molar refractivity (Wildman–Crippen MR) is 109 cm³/mol. The monoisotopic (exact) mass is 348 g/mol. The minimum atomic E-state index is 0.520. The molecule has 2 aromatic carbocycles.